The van der Waals surface area contributed by atoms with Gasteiger partial charge in [0.15, 0.2) is 0 Å². The minimum Gasteiger partial charge on any atom is -0.457 e. The first-order valence-electron chi connectivity index (χ1n) is 11.4. The molecular formula is C27H26N2O3S. The Morgan fingerprint density at radius 3 is 2.45 bits per heavy atom. The Labute approximate surface area is 196 Å². The summed E-state index contributed by atoms with van der Waals surface area (Å²) >= 11 is 1.60. The first-order chi connectivity index (χ1) is 16.1. The molecule has 1 aliphatic carbocycles. The highest BCUT2D eigenvalue weighted by molar-refractivity contribution is 7.18. The van der Waals surface area contributed by atoms with Gasteiger partial charge in [0.2, 0.25) is 0 Å². The van der Waals surface area contributed by atoms with Gasteiger partial charge in [-0.1, -0.05) is 67.6 Å². The molecule has 2 aromatic carbocycles. The van der Waals surface area contributed by atoms with E-state index in [9.17, 15) is 9.59 Å². The van der Waals surface area contributed by atoms with E-state index in [1.165, 1.54) is 4.88 Å². The lowest BCUT2D eigenvalue weighted by atomic mass is 9.89. The summed E-state index contributed by atoms with van der Waals surface area (Å²) in [6, 6.07) is 19.9. The predicted octanol–water partition coefficient (Wildman–Crippen LogP) is 5.37. The molecule has 0 radical (unpaired) electrons. The highest BCUT2D eigenvalue weighted by atomic mass is 32.1. The molecule has 0 fully saturated rings. The van der Waals surface area contributed by atoms with Gasteiger partial charge in [0, 0.05) is 10.8 Å². The number of nitrogens with one attached hydrogen (secondary N) is 1. The molecular weight excluding hydrogens is 432 g/mol. The first kappa shape index (κ1) is 21.6. The standard InChI is InChI=1S/C27H26N2O3S/c1-17-12-13-20-22(14-17)33-27-25(20)26(31)28-23(29-27)16-32-24(30)15-21(18-8-4-2-5-9-18)19-10-6-3-7-11-19/h2-11,17,21H,12-16H2,1H3,(H,28,29,31)/t17-/m1/s1. The molecule has 0 unspecified atom stereocenters. The number of rotatable bonds is 6. The fourth-order valence-corrected chi connectivity index (χ4v) is 6.04. The molecule has 0 amide bonds. The van der Waals surface area contributed by atoms with Gasteiger partial charge in [-0.05, 0) is 41.9 Å². The van der Waals surface area contributed by atoms with E-state index in [0.717, 1.165) is 40.8 Å². The van der Waals surface area contributed by atoms with E-state index >= 15 is 0 Å². The minimum absolute atomic E-state index is 0.0424. The molecule has 1 N–H and O–H groups in total. The number of fused-ring (bicyclic) bond motifs is 3. The molecule has 0 aliphatic heterocycles. The zero-order valence-corrected chi connectivity index (χ0v) is 19.4. The summed E-state index contributed by atoms with van der Waals surface area (Å²) in [6.07, 6.45) is 3.24. The summed E-state index contributed by atoms with van der Waals surface area (Å²) in [5.41, 5.74) is 3.14. The van der Waals surface area contributed by atoms with Gasteiger partial charge in [0.25, 0.3) is 5.56 Å². The van der Waals surface area contributed by atoms with Crippen LogP contribution in [0.3, 0.4) is 0 Å². The second-order valence-electron chi connectivity index (χ2n) is 8.78. The van der Waals surface area contributed by atoms with E-state index in [2.05, 4.69) is 16.9 Å². The lowest BCUT2D eigenvalue weighted by Crippen LogP contribution is -2.17. The van der Waals surface area contributed by atoms with Crippen LogP contribution in [0.4, 0.5) is 0 Å². The van der Waals surface area contributed by atoms with Gasteiger partial charge in [0.1, 0.15) is 17.3 Å². The molecule has 0 spiro atoms. The maximum atomic E-state index is 12.8. The van der Waals surface area contributed by atoms with Crippen LogP contribution >= 0.6 is 11.3 Å². The van der Waals surface area contributed by atoms with Crippen LogP contribution in [0.25, 0.3) is 10.2 Å². The zero-order chi connectivity index (χ0) is 22.8. The van der Waals surface area contributed by atoms with Crippen molar-refractivity contribution in [3.05, 3.63) is 98.4 Å². The molecule has 168 valence electrons. The lowest BCUT2D eigenvalue weighted by molar-refractivity contribution is -0.145. The van der Waals surface area contributed by atoms with E-state index in [-0.39, 0.29) is 30.5 Å². The highest BCUT2D eigenvalue weighted by Crippen LogP contribution is 2.35. The van der Waals surface area contributed by atoms with Crippen molar-refractivity contribution in [3.8, 4) is 0 Å². The summed E-state index contributed by atoms with van der Waals surface area (Å²) in [4.78, 5) is 35.0. The van der Waals surface area contributed by atoms with Gasteiger partial charge >= 0.3 is 5.97 Å². The number of ether oxygens (including phenoxy) is 1. The first-order valence-corrected chi connectivity index (χ1v) is 12.2. The molecule has 4 aromatic rings. The number of aryl methyl sites for hydroxylation is 1. The van der Waals surface area contributed by atoms with Crippen LogP contribution in [-0.2, 0) is 29.0 Å². The van der Waals surface area contributed by atoms with Gasteiger partial charge < -0.3 is 9.72 Å². The fourth-order valence-electron chi connectivity index (χ4n) is 4.64. The van der Waals surface area contributed by atoms with Crippen molar-refractivity contribution < 1.29 is 9.53 Å². The number of benzene rings is 2. The summed E-state index contributed by atoms with van der Waals surface area (Å²) in [5, 5.41) is 0.713. The molecule has 2 aromatic heterocycles. The smallest absolute Gasteiger partial charge is 0.307 e. The Hall–Kier alpha value is -3.25. The van der Waals surface area contributed by atoms with Gasteiger partial charge in [-0.25, -0.2) is 4.98 Å². The zero-order valence-electron chi connectivity index (χ0n) is 18.5. The van der Waals surface area contributed by atoms with Crippen LogP contribution in [0.2, 0.25) is 0 Å². The van der Waals surface area contributed by atoms with Crippen LogP contribution in [0.5, 0.6) is 0 Å². The molecule has 1 atom stereocenters. The van der Waals surface area contributed by atoms with Gasteiger partial charge in [0.05, 0.1) is 11.8 Å². The number of hydrogen-bond acceptors (Lipinski definition) is 5. The second kappa shape index (κ2) is 9.32. The Morgan fingerprint density at radius 2 is 1.79 bits per heavy atom. The number of H-pyrrole nitrogens is 1. The molecule has 1 aliphatic rings. The fraction of sp³-hybridized carbons (Fsp3) is 0.296. The van der Waals surface area contributed by atoms with Gasteiger partial charge in [-0.15, -0.1) is 11.3 Å². The quantitative estimate of drug-likeness (QED) is 0.394. The molecule has 0 saturated heterocycles. The lowest BCUT2D eigenvalue weighted by Gasteiger charge is -2.17. The average molecular weight is 459 g/mol. The Bertz CT molecular complexity index is 1290. The van der Waals surface area contributed by atoms with Crippen LogP contribution in [-0.4, -0.2) is 15.9 Å². The summed E-state index contributed by atoms with van der Waals surface area (Å²) in [6.45, 7) is 2.20. The average Bonchev–Trinajstić information content (AvgIpc) is 3.20. The number of nitrogens with zero attached hydrogens (tertiary/aromatic N) is 1. The Morgan fingerprint density at radius 1 is 1.12 bits per heavy atom. The summed E-state index contributed by atoms with van der Waals surface area (Å²) < 4.78 is 5.56. The number of carbonyl (C=O) groups is 1. The maximum absolute atomic E-state index is 12.8. The molecule has 2 heterocycles. The SMILES string of the molecule is C[C@@H]1CCc2c(sc3nc(COC(=O)CC(c4ccccc4)c4ccccc4)[nH]c(=O)c23)C1. The molecule has 6 heteroatoms. The number of carbonyl (C=O) groups excluding carboxylic acids is 1. The van der Waals surface area contributed by atoms with Crippen LogP contribution < -0.4 is 5.56 Å². The van der Waals surface area contributed by atoms with Crippen LogP contribution in [0, 0.1) is 5.92 Å². The topological polar surface area (TPSA) is 72.0 Å². The Balaban J connectivity index is 1.32. The minimum atomic E-state index is -0.324. The highest BCUT2D eigenvalue weighted by Gasteiger charge is 2.23. The third-order valence-corrected chi connectivity index (χ3v) is 7.51. The molecule has 5 rings (SSSR count). The number of hydrogen-bond donors (Lipinski definition) is 1. The van der Waals surface area contributed by atoms with Crippen molar-refractivity contribution in [2.45, 2.75) is 45.1 Å². The molecule has 5 nitrogen and oxygen atoms in total. The predicted molar refractivity (Wildman–Crippen MR) is 131 cm³/mol. The van der Waals surface area contributed by atoms with Crippen molar-refractivity contribution in [1.29, 1.82) is 0 Å². The van der Waals surface area contributed by atoms with Crippen molar-refractivity contribution >= 4 is 27.5 Å². The molecule has 0 saturated carbocycles. The normalized spacial score (nSPS) is 15.5. The van der Waals surface area contributed by atoms with E-state index in [4.69, 9.17) is 4.74 Å². The van der Waals surface area contributed by atoms with E-state index in [0.29, 0.717) is 17.1 Å². The van der Waals surface area contributed by atoms with Gasteiger partial charge in [-0.3, -0.25) is 9.59 Å². The number of esters is 1. The van der Waals surface area contributed by atoms with Crippen molar-refractivity contribution in [2.24, 2.45) is 5.92 Å². The summed E-state index contributed by atoms with van der Waals surface area (Å²) in [5.74, 6) is 0.603. The molecule has 0 bridgehead atoms. The van der Waals surface area contributed by atoms with E-state index in [1.54, 1.807) is 11.3 Å². The number of thiophene rings is 1. The number of aromatic nitrogens is 2. The second-order valence-corrected chi connectivity index (χ2v) is 9.87. The van der Waals surface area contributed by atoms with E-state index < -0.39 is 0 Å². The number of aromatic amines is 1. The van der Waals surface area contributed by atoms with E-state index in [1.807, 2.05) is 60.7 Å². The summed E-state index contributed by atoms with van der Waals surface area (Å²) in [7, 11) is 0. The van der Waals surface area contributed by atoms with Crippen LogP contribution in [0.1, 0.15) is 53.1 Å². The molecule has 33 heavy (non-hydrogen) atoms. The largest absolute Gasteiger partial charge is 0.457 e. The monoisotopic (exact) mass is 458 g/mol. The third-order valence-electron chi connectivity index (χ3n) is 6.36. The van der Waals surface area contributed by atoms with Gasteiger partial charge in [-0.2, -0.15) is 0 Å². The third kappa shape index (κ3) is 4.62. The van der Waals surface area contributed by atoms with Crippen molar-refractivity contribution in [2.75, 3.05) is 0 Å². The Kier molecular flexibility index (Phi) is 6.09. The van der Waals surface area contributed by atoms with Crippen molar-refractivity contribution in [1.82, 2.24) is 9.97 Å². The van der Waals surface area contributed by atoms with Crippen molar-refractivity contribution in [3.63, 3.8) is 0 Å². The maximum Gasteiger partial charge on any atom is 0.307 e. The van der Waals surface area contributed by atoms with Crippen LogP contribution in [0.15, 0.2) is 65.5 Å².